The fraction of sp³-hybridized carbons (Fsp3) is 0.250. The van der Waals surface area contributed by atoms with Gasteiger partial charge in [-0.25, -0.2) is 4.79 Å². The second kappa shape index (κ2) is 4.61. The lowest BCUT2D eigenvalue weighted by Gasteiger charge is -2.01. The predicted molar refractivity (Wildman–Crippen MR) is 56.3 cm³/mol. The lowest BCUT2D eigenvalue weighted by atomic mass is 10.0. The zero-order chi connectivity index (χ0) is 10.6. The first kappa shape index (κ1) is 10.5. The number of hydrogen-bond acceptors (Lipinski definition) is 1. The van der Waals surface area contributed by atoms with Gasteiger partial charge in [0.25, 0.3) is 0 Å². The highest BCUT2D eigenvalue weighted by Crippen LogP contribution is 2.09. The number of allylic oxidation sites excluding steroid dienone is 1. The molecule has 0 heterocycles. The monoisotopic (exact) mass is 190 g/mol. The third-order valence-electron chi connectivity index (χ3n) is 1.94. The van der Waals surface area contributed by atoms with Crippen molar-refractivity contribution in [2.45, 2.75) is 20.3 Å². The van der Waals surface area contributed by atoms with Gasteiger partial charge in [0, 0.05) is 6.08 Å². The molecule has 0 bridgehead atoms. The molecule has 0 saturated heterocycles. The Kier molecular flexibility index (Phi) is 3.46. The number of carbonyl (C=O) groups is 1. The van der Waals surface area contributed by atoms with Gasteiger partial charge in [0.15, 0.2) is 0 Å². The van der Waals surface area contributed by atoms with E-state index in [1.807, 2.05) is 32.0 Å². The van der Waals surface area contributed by atoms with E-state index in [9.17, 15) is 4.79 Å². The van der Waals surface area contributed by atoms with E-state index in [4.69, 9.17) is 5.11 Å². The Morgan fingerprint density at radius 2 is 2.21 bits per heavy atom. The maximum absolute atomic E-state index is 10.4. The van der Waals surface area contributed by atoms with Crippen LogP contribution in [0.15, 0.2) is 35.9 Å². The minimum absolute atomic E-state index is 0.702. The van der Waals surface area contributed by atoms with Crippen molar-refractivity contribution in [3.63, 3.8) is 0 Å². The Morgan fingerprint density at radius 1 is 1.50 bits per heavy atom. The first-order valence-corrected chi connectivity index (χ1v) is 4.53. The van der Waals surface area contributed by atoms with Crippen molar-refractivity contribution in [1.29, 1.82) is 0 Å². The van der Waals surface area contributed by atoms with Gasteiger partial charge in [-0.15, -0.1) is 0 Å². The summed E-state index contributed by atoms with van der Waals surface area (Å²) in [7, 11) is 0. The number of benzene rings is 1. The van der Waals surface area contributed by atoms with Crippen LogP contribution in [0.5, 0.6) is 0 Å². The average molecular weight is 190 g/mol. The number of carboxylic acid groups (broad SMARTS) is 1. The maximum atomic E-state index is 10.4. The minimum Gasteiger partial charge on any atom is -0.478 e. The fourth-order valence-electron chi connectivity index (χ4n) is 1.41. The highest BCUT2D eigenvalue weighted by molar-refractivity contribution is 5.80. The third kappa shape index (κ3) is 3.44. The Morgan fingerprint density at radius 3 is 2.79 bits per heavy atom. The molecule has 1 rings (SSSR count). The van der Waals surface area contributed by atoms with Crippen molar-refractivity contribution in [3.8, 4) is 0 Å². The smallest absolute Gasteiger partial charge is 0.328 e. The summed E-state index contributed by atoms with van der Waals surface area (Å²) < 4.78 is 0. The number of aryl methyl sites for hydroxylation is 1. The third-order valence-corrected chi connectivity index (χ3v) is 1.94. The summed E-state index contributed by atoms with van der Waals surface area (Å²) in [5.74, 6) is -0.879. The van der Waals surface area contributed by atoms with Crippen LogP contribution in [0.25, 0.3) is 0 Å². The first-order chi connectivity index (χ1) is 6.58. The molecule has 0 atom stereocenters. The first-order valence-electron chi connectivity index (χ1n) is 4.53. The molecule has 0 radical (unpaired) electrons. The summed E-state index contributed by atoms with van der Waals surface area (Å²) in [5, 5.41) is 8.54. The minimum atomic E-state index is -0.879. The Bertz CT molecular complexity index is 364. The van der Waals surface area contributed by atoms with Crippen molar-refractivity contribution < 1.29 is 9.90 Å². The molecule has 1 aromatic rings. The van der Waals surface area contributed by atoms with Gasteiger partial charge in [0.2, 0.25) is 0 Å². The van der Waals surface area contributed by atoms with E-state index in [1.54, 1.807) is 0 Å². The molecule has 0 amide bonds. The summed E-state index contributed by atoms with van der Waals surface area (Å²) >= 11 is 0. The predicted octanol–water partition coefficient (Wildman–Crippen LogP) is 2.57. The van der Waals surface area contributed by atoms with E-state index in [0.29, 0.717) is 6.42 Å². The summed E-state index contributed by atoms with van der Waals surface area (Å²) in [6.07, 6.45) is 1.95. The van der Waals surface area contributed by atoms with Crippen LogP contribution in [0.3, 0.4) is 0 Å². The molecule has 0 aliphatic rings. The maximum Gasteiger partial charge on any atom is 0.328 e. The molecule has 0 aromatic heterocycles. The fourth-order valence-corrected chi connectivity index (χ4v) is 1.41. The highest BCUT2D eigenvalue weighted by Gasteiger charge is 1.97. The lowest BCUT2D eigenvalue weighted by molar-refractivity contribution is -0.131. The normalized spacial score (nSPS) is 11.4. The molecule has 0 fully saturated rings. The molecule has 1 aromatic carbocycles. The Labute approximate surface area is 83.9 Å². The van der Waals surface area contributed by atoms with Gasteiger partial charge < -0.3 is 5.11 Å². The van der Waals surface area contributed by atoms with Gasteiger partial charge in [0.1, 0.15) is 0 Å². The van der Waals surface area contributed by atoms with Gasteiger partial charge in [-0.3, -0.25) is 0 Å². The Hall–Kier alpha value is -1.57. The van der Waals surface area contributed by atoms with Gasteiger partial charge in [-0.1, -0.05) is 35.4 Å². The quantitative estimate of drug-likeness (QED) is 0.744. The van der Waals surface area contributed by atoms with Crippen molar-refractivity contribution in [1.82, 2.24) is 0 Å². The van der Waals surface area contributed by atoms with E-state index < -0.39 is 5.97 Å². The molecule has 2 nitrogen and oxygen atoms in total. The number of rotatable bonds is 3. The van der Waals surface area contributed by atoms with Crippen molar-refractivity contribution in [2.75, 3.05) is 0 Å². The number of carboxylic acids is 1. The van der Waals surface area contributed by atoms with Crippen molar-refractivity contribution >= 4 is 5.97 Å². The second-order valence-corrected chi connectivity index (χ2v) is 3.49. The van der Waals surface area contributed by atoms with Crippen LogP contribution < -0.4 is 0 Å². The summed E-state index contributed by atoms with van der Waals surface area (Å²) in [4.78, 5) is 10.4. The standard InChI is InChI=1S/C12H14O2/c1-9-4-3-5-11(6-9)7-10(2)8-12(13)14/h3-6,8H,7H2,1-2H3,(H,13,14)/b10-8+. The largest absolute Gasteiger partial charge is 0.478 e. The van der Waals surface area contributed by atoms with Crippen LogP contribution in [0, 0.1) is 6.92 Å². The zero-order valence-corrected chi connectivity index (χ0v) is 8.45. The van der Waals surface area contributed by atoms with E-state index >= 15 is 0 Å². The zero-order valence-electron chi connectivity index (χ0n) is 8.45. The van der Waals surface area contributed by atoms with Crippen LogP contribution in [0.4, 0.5) is 0 Å². The molecule has 1 N–H and O–H groups in total. The average Bonchev–Trinajstić information content (AvgIpc) is 2.01. The van der Waals surface area contributed by atoms with Crippen LogP contribution in [0.1, 0.15) is 18.1 Å². The molecule has 0 unspecified atom stereocenters. The van der Waals surface area contributed by atoms with Gasteiger partial charge in [0.05, 0.1) is 0 Å². The molecule has 2 heteroatoms. The number of aliphatic carboxylic acids is 1. The van der Waals surface area contributed by atoms with Crippen LogP contribution in [-0.2, 0) is 11.2 Å². The topological polar surface area (TPSA) is 37.3 Å². The Balaban J connectivity index is 2.74. The molecule has 14 heavy (non-hydrogen) atoms. The number of hydrogen-bond donors (Lipinski definition) is 1. The molecule has 0 aliphatic heterocycles. The van der Waals surface area contributed by atoms with Crippen molar-refractivity contribution in [2.24, 2.45) is 0 Å². The summed E-state index contributed by atoms with van der Waals surface area (Å²) in [5.41, 5.74) is 3.22. The molecular formula is C12H14O2. The lowest BCUT2D eigenvalue weighted by Crippen LogP contribution is -1.93. The van der Waals surface area contributed by atoms with Gasteiger partial charge >= 0.3 is 5.97 Å². The second-order valence-electron chi connectivity index (χ2n) is 3.49. The molecule has 0 aliphatic carbocycles. The van der Waals surface area contributed by atoms with Crippen LogP contribution in [0.2, 0.25) is 0 Å². The highest BCUT2D eigenvalue weighted by atomic mass is 16.4. The van der Waals surface area contributed by atoms with Gasteiger partial charge in [-0.2, -0.15) is 0 Å². The van der Waals surface area contributed by atoms with E-state index in [2.05, 4.69) is 6.07 Å². The van der Waals surface area contributed by atoms with Gasteiger partial charge in [-0.05, 0) is 25.8 Å². The molecule has 0 saturated carbocycles. The SMILES string of the molecule is C/C(=C\C(=O)O)Cc1cccc(C)c1. The molecule has 74 valence electrons. The molecule has 0 spiro atoms. The molecular weight excluding hydrogens is 176 g/mol. The van der Waals surface area contributed by atoms with E-state index in [-0.39, 0.29) is 0 Å². The summed E-state index contributed by atoms with van der Waals surface area (Å²) in [6.45, 7) is 3.86. The van der Waals surface area contributed by atoms with Crippen molar-refractivity contribution in [3.05, 3.63) is 47.0 Å². The van der Waals surface area contributed by atoms with Crippen LogP contribution in [-0.4, -0.2) is 11.1 Å². The van der Waals surface area contributed by atoms with E-state index in [0.717, 1.165) is 11.1 Å². The summed E-state index contributed by atoms with van der Waals surface area (Å²) in [6, 6.07) is 8.09. The van der Waals surface area contributed by atoms with Crippen LogP contribution >= 0.6 is 0 Å². The van der Waals surface area contributed by atoms with E-state index in [1.165, 1.54) is 11.6 Å².